The first-order valence-corrected chi connectivity index (χ1v) is 5.59. The molecule has 1 rings (SSSR count). The van der Waals surface area contributed by atoms with Crippen LogP contribution in [0, 0.1) is 27.7 Å². The predicted molar refractivity (Wildman–Crippen MR) is 67.9 cm³/mol. The zero-order chi connectivity index (χ0) is 12.5. The number of carbonyl (C=O) groups excluding carboxylic acids is 1. The SMILES string of the molecule is Cc1cc(C)c(C)c(C(C=O)N(C)C)c1C. The topological polar surface area (TPSA) is 20.3 Å². The molecule has 0 heterocycles. The van der Waals surface area contributed by atoms with Crippen molar-refractivity contribution in [2.24, 2.45) is 0 Å². The van der Waals surface area contributed by atoms with E-state index in [1.54, 1.807) is 0 Å². The molecule has 2 nitrogen and oxygen atoms in total. The Morgan fingerprint density at radius 1 is 1.06 bits per heavy atom. The summed E-state index contributed by atoms with van der Waals surface area (Å²) in [4.78, 5) is 13.2. The summed E-state index contributed by atoms with van der Waals surface area (Å²) in [5.41, 5.74) is 6.14. The molecule has 16 heavy (non-hydrogen) atoms. The normalized spacial score (nSPS) is 12.9. The number of rotatable bonds is 3. The van der Waals surface area contributed by atoms with Gasteiger partial charge in [0.2, 0.25) is 0 Å². The van der Waals surface area contributed by atoms with Crippen molar-refractivity contribution >= 4 is 6.29 Å². The molecule has 0 amide bonds. The van der Waals surface area contributed by atoms with E-state index >= 15 is 0 Å². The molecule has 0 N–H and O–H groups in total. The van der Waals surface area contributed by atoms with E-state index in [1.807, 2.05) is 19.0 Å². The molecule has 1 unspecified atom stereocenters. The summed E-state index contributed by atoms with van der Waals surface area (Å²) in [5, 5.41) is 0. The second kappa shape index (κ2) is 4.79. The summed E-state index contributed by atoms with van der Waals surface area (Å²) in [5.74, 6) is 0. The highest BCUT2D eigenvalue weighted by Gasteiger charge is 2.19. The molecule has 0 saturated heterocycles. The van der Waals surface area contributed by atoms with Gasteiger partial charge in [-0.1, -0.05) is 6.07 Å². The van der Waals surface area contributed by atoms with Crippen molar-refractivity contribution in [2.45, 2.75) is 33.7 Å². The third-order valence-electron chi connectivity index (χ3n) is 3.41. The summed E-state index contributed by atoms with van der Waals surface area (Å²) in [6.45, 7) is 8.39. The highest BCUT2D eigenvalue weighted by atomic mass is 16.1. The third-order valence-corrected chi connectivity index (χ3v) is 3.41. The van der Waals surface area contributed by atoms with E-state index < -0.39 is 0 Å². The molecule has 0 fully saturated rings. The lowest BCUT2D eigenvalue weighted by molar-refractivity contribution is -0.111. The van der Waals surface area contributed by atoms with Crippen molar-refractivity contribution < 1.29 is 4.79 Å². The average Bonchev–Trinajstić information content (AvgIpc) is 2.21. The highest BCUT2D eigenvalue weighted by molar-refractivity contribution is 5.65. The Kier molecular flexibility index (Phi) is 3.87. The fourth-order valence-corrected chi connectivity index (χ4v) is 2.14. The smallest absolute Gasteiger partial charge is 0.141 e. The van der Waals surface area contributed by atoms with Crippen LogP contribution in [0.15, 0.2) is 6.07 Å². The van der Waals surface area contributed by atoms with E-state index in [4.69, 9.17) is 0 Å². The molecule has 0 saturated carbocycles. The molecule has 0 aliphatic carbocycles. The summed E-state index contributed by atoms with van der Waals surface area (Å²) >= 11 is 0. The van der Waals surface area contributed by atoms with Gasteiger partial charge in [-0.05, 0) is 69.6 Å². The molecule has 1 atom stereocenters. The molecule has 1 aromatic carbocycles. The summed E-state index contributed by atoms with van der Waals surface area (Å²) in [6, 6.07) is 2.05. The number of aryl methyl sites for hydroxylation is 2. The molecule has 0 radical (unpaired) electrons. The lowest BCUT2D eigenvalue weighted by atomic mass is 9.90. The molecular weight excluding hydrogens is 198 g/mol. The Morgan fingerprint density at radius 2 is 1.50 bits per heavy atom. The second-order valence-corrected chi connectivity index (χ2v) is 4.72. The fourth-order valence-electron chi connectivity index (χ4n) is 2.14. The number of nitrogens with zero attached hydrogens (tertiary/aromatic N) is 1. The molecular formula is C14H21NO. The van der Waals surface area contributed by atoms with Crippen LogP contribution < -0.4 is 0 Å². The van der Waals surface area contributed by atoms with E-state index in [1.165, 1.54) is 22.3 Å². The van der Waals surface area contributed by atoms with Crippen molar-refractivity contribution in [3.63, 3.8) is 0 Å². The number of likely N-dealkylation sites (N-methyl/N-ethyl adjacent to an activating group) is 1. The van der Waals surface area contributed by atoms with Crippen molar-refractivity contribution in [3.05, 3.63) is 33.9 Å². The minimum Gasteiger partial charge on any atom is -0.301 e. The van der Waals surface area contributed by atoms with Crippen molar-refractivity contribution in [2.75, 3.05) is 14.1 Å². The summed E-state index contributed by atoms with van der Waals surface area (Å²) < 4.78 is 0. The van der Waals surface area contributed by atoms with Gasteiger partial charge >= 0.3 is 0 Å². The van der Waals surface area contributed by atoms with E-state index in [2.05, 4.69) is 33.8 Å². The highest BCUT2D eigenvalue weighted by Crippen LogP contribution is 2.28. The minimum absolute atomic E-state index is 0.140. The van der Waals surface area contributed by atoms with Crippen LogP contribution in [0.2, 0.25) is 0 Å². The van der Waals surface area contributed by atoms with E-state index in [-0.39, 0.29) is 6.04 Å². The van der Waals surface area contributed by atoms with Gasteiger partial charge in [0, 0.05) is 0 Å². The standard InChI is InChI=1S/C14H21NO/c1-9-7-10(2)12(4)14(11(9)3)13(8-16)15(5)6/h7-8,13H,1-6H3. The third kappa shape index (κ3) is 2.17. The van der Waals surface area contributed by atoms with E-state index in [0.29, 0.717) is 0 Å². The van der Waals surface area contributed by atoms with Gasteiger partial charge in [0.15, 0.2) is 0 Å². The van der Waals surface area contributed by atoms with Crippen LogP contribution in [0.1, 0.15) is 33.9 Å². The number of aldehydes is 1. The van der Waals surface area contributed by atoms with Crippen LogP contribution in [-0.2, 0) is 4.79 Å². The molecule has 0 bridgehead atoms. The molecule has 88 valence electrons. The average molecular weight is 219 g/mol. The Morgan fingerprint density at radius 3 is 1.81 bits per heavy atom. The van der Waals surface area contributed by atoms with Gasteiger partial charge in [0.25, 0.3) is 0 Å². The van der Waals surface area contributed by atoms with Crippen molar-refractivity contribution in [1.29, 1.82) is 0 Å². The van der Waals surface area contributed by atoms with Gasteiger partial charge in [-0.25, -0.2) is 0 Å². The number of hydrogen-bond donors (Lipinski definition) is 0. The largest absolute Gasteiger partial charge is 0.301 e. The van der Waals surface area contributed by atoms with Crippen LogP contribution in [0.4, 0.5) is 0 Å². The van der Waals surface area contributed by atoms with Crippen LogP contribution in [0.5, 0.6) is 0 Å². The predicted octanol–water partition coefficient (Wildman–Crippen LogP) is 2.72. The monoisotopic (exact) mass is 219 g/mol. The van der Waals surface area contributed by atoms with Gasteiger partial charge < -0.3 is 4.79 Å². The Hall–Kier alpha value is -1.15. The van der Waals surface area contributed by atoms with Gasteiger partial charge in [0.1, 0.15) is 6.29 Å². The van der Waals surface area contributed by atoms with E-state index in [0.717, 1.165) is 11.8 Å². The maximum absolute atomic E-state index is 11.2. The Labute approximate surface area is 98.3 Å². The van der Waals surface area contributed by atoms with Crippen LogP contribution in [0.3, 0.4) is 0 Å². The number of hydrogen-bond acceptors (Lipinski definition) is 2. The second-order valence-electron chi connectivity index (χ2n) is 4.72. The maximum atomic E-state index is 11.2. The summed E-state index contributed by atoms with van der Waals surface area (Å²) in [6.07, 6.45) is 1.02. The van der Waals surface area contributed by atoms with Gasteiger partial charge in [-0.2, -0.15) is 0 Å². The Balaban J connectivity index is 3.47. The van der Waals surface area contributed by atoms with Crippen LogP contribution >= 0.6 is 0 Å². The van der Waals surface area contributed by atoms with E-state index in [9.17, 15) is 4.79 Å². The fraction of sp³-hybridized carbons (Fsp3) is 0.500. The molecule has 0 aromatic heterocycles. The van der Waals surface area contributed by atoms with Crippen molar-refractivity contribution in [3.8, 4) is 0 Å². The first-order chi connectivity index (χ1) is 7.40. The van der Waals surface area contributed by atoms with Crippen LogP contribution in [-0.4, -0.2) is 25.3 Å². The molecule has 2 heteroatoms. The Bertz CT molecular complexity index is 381. The molecule has 0 aliphatic rings. The summed E-state index contributed by atoms with van der Waals surface area (Å²) in [7, 11) is 3.88. The number of carbonyl (C=O) groups is 1. The lowest BCUT2D eigenvalue weighted by Crippen LogP contribution is -2.23. The van der Waals surface area contributed by atoms with Gasteiger partial charge in [0.05, 0.1) is 6.04 Å². The first kappa shape index (κ1) is 12.9. The maximum Gasteiger partial charge on any atom is 0.141 e. The molecule has 0 aliphatic heterocycles. The van der Waals surface area contributed by atoms with Crippen LogP contribution in [0.25, 0.3) is 0 Å². The van der Waals surface area contributed by atoms with Crippen molar-refractivity contribution in [1.82, 2.24) is 4.90 Å². The molecule has 1 aromatic rings. The number of benzene rings is 1. The van der Waals surface area contributed by atoms with Gasteiger partial charge in [-0.3, -0.25) is 4.90 Å². The lowest BCUT2D eigenvalue weighted by Gasteiger charge is -2.25. The first-order valence-electron chi connectivity index (χ1n) is 5.59. The van der Waals surface area contributed by atoms with Gasteiger partial charge in [-0.15, -0.1) is 0 Å². The minimum atomic E-state index is -0.140. The zero-order valence-corrected chi connectivity index (χ0v) is 11.1. The molecule has 0 spiro atoms. The quantitative estimate of drug-likeness (QED) is 0.729. The zero-order valence-electron chi connectivity index (χ0n) is 11.1.